The standard InChI is InChI=1S/C26H34N4O3S2.C22H23N3O3S2.C4H11N/c1-6-16(2)28-11-7-17(31)13-21-23(24-29-19-14-27-10-8-20(19)35-24)18-9-12-30(15-22(18)34-21)25(32)33-26(3,4)5;1-5-13(26)10-17-19(20-24-15-11-23-8-6-16(15)30-20)14-7-9-25(12-18(14)29-17)21(27)28-22(2,3)4;1-3-4(2)5/h8,10,14,16,28H,6-7,9,11-13,15H2,1-5H3;5-6,8,11H,1,7,9-10,12H2,2-4H3;4H,3,5H2,1-2H3. The van der Waals surface area contributed by atoms with Crippen LogP contribution in [0.3, 0.4) is 0 Å². The molecule has 70 heavy (non-hydrogen) atoms. The maximum Gasteiger partial charge on any atom is 0.410 e. The first-order chi connectivity index (χ1) is 33.2. The minimum Gasteiger partial charge on any atom is -0.444 e. The monoisotopic (exact) mass is 1030 g/mol. The summed E-state index contributed by atoms with van der Waals surface area (Å²) in [5.41, 5.74) is 10.5. The van der Waals surface area contributed by atoms with E-state index in [1.165, 1.54) is 17.2 Å². The van der Waals surface area contributed by atoms with Crippen molar-refractivity contribution in [1.29, 1.82) is 0 Å². The van der Waals surface area contributed by atoms with Gasteiger partial charge in [-0.3, -0.25) is 19.6 Å². The quantitative estimate of drug-likeness (QED) is 0.105. The molecule has 0 aromatic carbocycles. The molecule has 0 spiro atoms. The summed E-state index contributed by atoms with van der Waals surface area (Å²) in [6, 6.07) is 4.72. The predicted octanol–water partition coefficient (Wildman–Crippen LogP) is 11.4. The molecule has 0 bridgehead atoms. The van der Waals surface area contributed by atoms with E-state index in [4.69, 9.17) is 25.2 Å². The average Bonchev–Trinajstić information content (AvgIpc) is 4.09. The largest absolute Gasteiger partial charge is 0.444 e. The summed E-state index contributed by atoms with van der Waals surface area (Å²) in [6.07, 6.45) is 12.6. The molecule has 8 heterocycles. The third-order valence-corrected chi connectivity index (χ3v) is 16.0. The number of thiazole rings is 2. The van der Waals surface area contributed by atoms with Crippen LogP contribution in [0.5, 0.6) is 0 Å². The van der Waals surface area contributed by atoms with E-state index < -0.39 is 11.2 Å². The fourth-order valence-electron chi connectivity index (χ4n) is 7.51. The van der Waals surface area contributed by atoms with Gasteiger partial charge < -0.3 is 30.3 Å². The van der Waals surface area contributed by atoms with Crippen LogP contribution in [0.2, 0.25) is 0 Å². The zero-order valence-electron chi connectivity index (χ0n) is 42.2. The number of carbonyl (C=O) groups is 4. The van der Waals surface area contributed by atoms with Gasteiger partial charge in [-0.15, -0.1) is 45.3 Å². The van der Waals surface area contributed by atoms with Gasteiger partial charge in [0.25, 0.3) is 0 Å². The van der Waals surface area contributed by atoms with Crippen molar-refractivity contribution in [3.8, 4) is 21.1 Å². The van der Waals surface area contributed by atoms with Crippen LogP contribution in [-0.2, 0) is 57.8 Å². The van der Waals surface area contributed by atoms with Crippen LogP contribution in [-0.4, -0.2) is 96.4 Å². The molecule has 2 atom stereocenters. The van der Waals surface area contributed by atoms with Crippen molar-refractivity contribution in [2.75, 3.05) is 19.6 Å². The molecule has 2 unspecified atom stereocenters. The molecule has 8 rings (SSSR count). The Labute approximate surface area is 428 Å². The molecule has 2 aliphatic rings. The SMILES string of the molecule is C=CC(=O)Cc1sc2c(c1-c1nc3cnccc3s1)CCN(C(=O)OC(C)(C)C)C2.CCC(C)N.CCC(C)NCCC(=O)Cc1sc2c(c1-c1nc3cnccc3s1)CCN(C(=O)OC(C)(C)C)C2. The molecule has 6 aromatic heterocycles. The number of hydrogen-bond donors (Lipinski definition) is 2. The van der Waals surface area contributed by atoms with E-state index in [9.17, 15) is 19.2 Å². The van der Waals surface area contributed by atoms with Crippen LogP contribution in [0.1, 0.15) is 119 Å². The summed E-state index contributed by atoms with van der Waals surface area (Å²) < 4.78 is 13.3. The van der Waals surface area contributed by atoms with Gasteiger partial charge in [-0.2, -0.15) is 0 Å². The number of amides is 2. The molecule has 3 N–H and O–H groups in total. The second-order valence-corrected chi connectivity index (χ2v) is 24.0. The summed E-state index contributed by atoms with van der Waals surface area (Å²) >= 11 is 6.46. The summed E-state index contributed by atoms with van der Waals surface area (Å²) in [6.45, 7) is 26.0. The smallest absolute Gasteiger partial charge is 0.410 e. The summed E-state index contributed by atoms with van der Waals surface area (Å²) in [7, 11) is 0. The Hall–Kier alpha value is -4.98. The van der Waals surface area contributed by atoms with Crippen LogP contribution in [0.25, 0.3) is 41.6 Å². The lowest BCUT2D eigenvalue weighted by molar-refractivity contribution is -0.118. The van der Waals surface area contributed by atoms with Gasteiger partial charge >= 0.3 is 12.2 Å². The van der Waals surface area contributed by atoms with Crippen LogP contribution < -0.4 is 11.1 Å². The highest BCUT2D eigenvalue weighted by Crippen LogP contribution is 2.45. The topological polar surface area (TPSA) is 183 Å². The molecule has 376 valence electrons. The molecule has 0 aliphatic carbocycles. The van der Waals surface area contributed by atoms with Crippen molar-refractivity contribution < 1.29 is 28.7 Å². The number of ketones is 2. The third kappa shape index (κ3) is 14.6. The number of nitrogens with one attached hydrogen (secondary N) is 1. The molecule has 0 saturated heterocycles. The molecule has 0 radical (unpaired) electrons. The van der Waals surface area contributed by atoms with E-state index in [-0.39, 0.29) is 30.2 Å². The number of carbonyl (C=O) groups excluding carboxylic acids is 4. The van der Waals surface area contributed by atoms with Crippen molar-refractivity contribution in [2.24, 2.45) is 5.73 Å². The van der Waals surface area contributed by atoms with Crippen molar-refractivity contribution in [3.05, 3.63) is 80.2 Å². The van der Waals surface area contributed by atoms with Crippen molar-refractivity contribution in [1.82, 2.24) is 35.1 Å². The fourth-order valence-corrected chi connectivity index (χ4v) is 12.5. The summed E-state index contributed by atoms with van der Waals surface area (Å²) in [4.78, 5) is 76.1. The molecule has 0 saturated carbocycles. The lowest BCUT2D eigenvalue weighted by atomic mass is 10.00. The van der Waals surface area contributed by atoms with E-state index in [0.29, 0.717) is 64.1 Å². The van der Waals surface area contributed by atoms with Crippen molar-refractivity contribution in [3.63, 3.8) is 0 Å². The zero-order valence-corrected chi connectivity index (χ0v) is 45.5. The first-order valence-electron chi connectivity index (χ1n) is 24.0. The van der Waals surface area contributed by atoms with Gasteiger partial charge in [-0.25, -0.2) is 19.6 Å². The second kappa shape index (κ2) is 24.0. The first kappa shape index (κ1) is 54.4. The summed E-state index contributed by atoms with van der Waals surface area (Å²) in [5, 5.41) is 5.23. The number of thiophene rings is 2. The second-order valence-electron chi connectivity index (χ2n) is 19.6. The van der Waals surface area contributed by atoms with E-state index in [1.54, 1.807) is 79.9 Å². The van der Waals surface area contributed by atoms with Gasteiger partial charge in [0.15, 0.2) is 5.78 Å². The molecular weight excluding hydrogens is 961 g/mol. The molecular formula is C52H68N8O6S4. The number of nitrogens with two attached hydrogens (primary N) is 1. The summed E-state index contributed by atoms with van der Waals surface area (Å²) in [5.74, 6) is 0.189. The number of fused-ring (bicyclic) bond motifs is 4. The number of pyridine rings is 2. The minimum absolute atomic E-state index is 0.0263. The van der Waals surface area contributed by atoms with E-state index in [2.05, 4.69) is 42.6 Å². The lowest BCUT2D eigenvalue weighted by Crippen LogP contribution is -2.39. The van der Waals surface area contributed by atoms with Gasteiger partial charge in [-0.1, -0.05) is 20.4 Å². The maximum atomic E-state index is 12.9. The maximum absolute atomic E-state index is 12.9. The number of nitrogens with zero attached hydrogens (tertiary/aromatic N) is 6. The Balaban J connectivity index is 0.000000211. The molecule has 18 heteroatoms. The van der Waals surface area contributed by atoms with Crippen LogP contribution in [0.4, 0.5) is 9.59 Å². The number of aromatic nitrogens is 4. The average molecular weight is 1030 g/mol. The zero-order chi connectivity index (χ0) is 50.9. The normalized spacial score (nSPS) is 14.4. The molecule has 2 aliphatic heterocycles. The highest BCUT2D eigenvalue weighted by atomic mass is 32.1. The highest BCUT2D eigenvalue weighted by molar-refractivity contribution is 7.22. The van der Waals surface area contributed by atoms with Crippen molar-refractivity contribution in [2.45, 2.75) is 151 Å². The Morgan fingerprint density at radius 3 is 1.61 bits per heavy atom. The lowest BCUT2D eigenvalue weighted by Gasteiger charge is -2.30. The number of rotatable bonds is 13. The van der Waals surface area contributed by atoms with Gasteiger partial charge in [0.1, 0.15) is 38.0 Å². The fraction of sp³-hybridized carbons (Fsp3) is 0.500. The van der Waals surface area contributed by atoms with E-state index in [1.807, 2.05) is 60.6 Å². The minimum atomic E-state index is -0.534. The molecule has 6 aromatic rings. The molecule has 14 nitrogen and oxygen atoms in total. The number of hydrogen-bond acceptors (Lipinski definition) is 16. The Morgan fingerprint density at radius 1 is 0.757 bits per heavy atom. The Bertz CT molecular complexity index is 2730. The third-order valence-electron chi connectivity index (χ3n) is 11.4. The Kier molecular flexibility index (Phi) is 18.6. The van der Waals surface area contributed by atoms with Gasteiger partial charge in [0, 0.05) is 94.0 Å². The highest BCUT2D eigenvalue weighted by Gasteiger charge is 2.33. The van der Waals surface area contributed by atoms with Crippen LogP contribution in [0, 0.1) is 0 Å². The predicted molar refractivity (Wildman–Crippen MR) is 286 cm³/mol. The van der Waals surface area contributed by atoms with Gasteiger partial charge in [-0.05, 0) is 110 Å². The number of Topliss-reactive ketones (excluding diaryl/α,β-unsaturated/α-hetero) is 1. The molecule has 0 fully saturated rings. The molecule has 2 amide bonds. The van der Waals surface area contributed by atoms with Crippen molar-refractivity contribution >= 4 is 89.5 Å². The van der Waals surface area contributed by atoms with Gasteiger partial charge in [0.2, 0.25) is 0 Å². The van der Waals surface area contributed by atoms with E-state index >= 15 is 0 Å². The van der Waals surface area contributed by atoms with Crippen LogP contribution >= 0.6 is 45.3 Å². The first-order valence-corrected chi connectivity index (χ1v) is 27.2. The van der Waals surface area contributed by atoms with Gasteiger partial charge in [0.05, 0.1) is 34.9 Å². The Morgan fingerprint density at radius 2 is 1.21 bits per heavy atom. The van der Waals surface area contributed by atoms with Crippen LogP contribution in [0.15, 0.2) is 49.6 Å². The number of allylic oxidation sites excluding steroid dienone is 1. The van der Waals surface area contributed by atoms with E-state index in [0.717, 1.165) is 80.3 Å². The number of ether oxygens (including phenoxy) is 2.